The smallest absolute Gasteiger partial charge is 0.271 e. The van der Waals surface area contributed by atoms with Crippen LogP contribution >= 0.6 is 28.3 Å². The van der Waals surface area contributed by atoms with Gasteiger partial charge in [-0.2, -0.15) is 0 Å². The van der Waals surface area contributed by atoms with Gasteiger partial charge in [-0.1, -0.05) is 6.08 Å². The number of rotatable bonds is 5. The number of hydrogen-bond donors (Lipinski definition) is 2. The van der Waals surface area contributed by atoms with Gasteiger partial charge < -0.3 is 10.8 Å². The summed E-state index contributed by atoms with van der Waals surface area (Å²) in [5.41, 5.74) is 6.14. The molecule has 3 N–H and O–H groups in total. The second-order valence-electron chi connectivity index (χ2n) is 3.60. The van der Waals surface area contributed by atoms with Crippen molar-refractivity contribution in [1.82, 2.24) is 0 Å². The number of nitro groups is 1. The van der Waals surface area contributed by atoms with E-state index in [9.17, 15) is 15.2 Å². The minimum atomic E-state index is -0.520. The Morgan fingerprint density at radius 3 is 2.72 bits per heavy atom. The molecule has 0 radical (unpaired) electrons. The first-order chi connectivity index (χ1) is 7.97. The predicted octanol–water partition coefficient (Wildman–Crippen LogP) is 3.45. The van der Waals surface area contributed by atoms with E-state index < -0.39 is 11.0 Å². The van der Waals surface area contributed by atoms with Gasteiger partial charge in [-0.15, -0.1) is 19.0 Å². The molecule has 0 aliphatic rings. The molecular formula is C11H14BrClN2O3. The second-order valence-corrected chi connectivity index (χ2v) is 4.45. The Balaban J connectivity index is 0.00000289. The Labute approximate surface area is 119 Å². The Morgan fingerprint density at radius 1 is 1.61 bits per heavy atom. The molecule has 1 aromatic carbocycles. The molecule has 5 nitrogen and oxygen atoms in total. The fraction of sp³-hybridized carbons (Fsp3) is 0.273. The van der Waals surface area contributed by atoms with Crippen LogP contribution in [0.1, 0.15) is 24.4 Å². The fourth-order valence-electron chi connectivity index (χ4n) is 1.45. The van der Waals surface area contributed by atoms with Crippen LogP contribution in [0.2, 0.25) is 0 Å². The van der Waals surface area contributed by atoms with Crippen molar-refractivity contribution in [3.05, 3.63) is 44.9 Å². The van der Waals surface area contributed by atoms with E-state index in [1.807, 2.05) is 0 Å². The Kier molecular flexibility index (Phi) is 6.90. The van der Waals surface area contributed by atoms with E-state index >= 15 is 0 Å². The first-order valence-electron chi connectivity index (χ1n) is 5.00. The molecule has 1 atom stereocenters. The van der Waals surface area contributed by atoms with Crippen LogP contribution in [0.25, 0.3) is 0 Å². The molecule has 7 heteroatoms. The highest BCUT2D eigenvalue weighted by atomic mass is 79.9. The number of non-ortho nitro benzene ring substituents is 1. The van der Waals surface area contributed by atoms with E-state index in [1.54, 1.807) is 6.08 Å². The fourth-order valence-corrected chi connectivity index (χ4v) is 1.91. The molecule has 0 bridgehead atoms. The molecule has 0 spiro atoms. The van der Waals surface area contributed by atoms with E-state index in [0.717, 1.165) is 0 Å². The summed E-state index contributed by atoms with van der Waals surface area (Å²) >= 11 is 3.07. The molecule has 100 valence electrons. The molecule has 0 aromatic heterocycles. The normalized spacial score (nSPS) is 11.4. The van der Waals surface area contributed by atoms with Gasteiger partial charge in [-0.05, 0) is 28.8 Å². The number of hydrogen-bond acceptors (Lipinski definition) is 4. The topological polar surface area (TPSA) is 89.4 Å². The maximum absolute atomic E-state index is 10.7. The summed E-state index contributed by atoms with van der Waals surface area (Å²) in [6.07, 6.45) is 2.97. The third kappa shape index (κ3) is 3.97. The molecule has 0 aliphatic heterocycles. The number of phenols is 1. The third-order valence-electron chi connectivity index (χ3n) is 2.37. The predicted molar refractivity (Wildman–Crippen MR) is 76.1 cm³/mol. The van der Waals surface area contributed by atoms with Crippen LogP contribution in [0.3, 0.4) is 0 Å². The molecule has 1 rings (SSSR count). The van der Waals surface area contributed by atoms with E-state index in [-0.39, 0.29) is 28.3 Å². The zero-order valence-electron chi connectivity index (χ0n) is 9.51. The summed E-state index contributed by atoms with van der Waals surface area (Å²) in [6.45, 7) is 3.58. The summed E-state index contributed by atoms with van der Waals surface area (Å²) < 4.78 is 0.274. The molecule has 1 aromatic rings. The summed E-state index contributed by atoms with van der Waals surface area (Å²) in [5, 5.41) is 20.5. The second kappa shape index (κ2) is 7.35. The molecule has 0 saturated heterocycles. The van der Waals surface area contributed by atoms with Crippen molar-refractivity contribution < 1.29 is 10.0 Å². The largest absolute Gasteiger partial charge is 0.506 e. The number of nitrogens with two attached hydrogens (primary N) is 1. The molecule has 0 amide bonds. The van der Waals surface area contributed by atoms with Gasteiger partial charge in [0.1, 0.15) is 5.75 Å². The number of phenolic OH excluding ortho intramolecular Hbond substituents is 1. The number of nitrogens with zero attached hydrogens (tertiary/aromatic N) is 1. The number of benzene rings is 1. The highest BCUT2D eigenvalue weighted by molar-refractivity contribution is 9.10. The Morgan fingerprint density at radius 2 is 2.22 bits per heavy atom. The summed E-state index contributed by atoms with van der Waals surface area (Å²) in [7, 11) is 0. The van der Waals surface area contributed by atoms with Gasteiger partial charge in [0, 0.05) is 23.7 Å². The highest BCUT2D eigenvalue weighted by Gasteiger charge is 2.18. The van der Waals surface area contributed by atoms with Crippen LogP contribution in [0.4, 0.5) is 5.69 Å². The van der Waals surface area contributed by atoms with Crippen LogP contribution in [0.15, 0.2) is 29.3 Å². The van der Waals surface area contributed by atoms with E-state index in [1.165, 1.54) is 12.1 Å². The van der Waals surface area contributed by atoms with E-state index in [2.05, 4.69) is 22.5 Å². The van der Waals surface area contributed by atoms with Gasteiger partial charge in [0.2, 0.25) is 0 Å². The quantitative estimate of drug-likeness (QED) is 0.489. The van der Waals surface area contributed by atoms with Crippen LogP contribution in [0, 0.1) is 10.1 Å². The SMILES string of the molecule is C=CCC[C@H](N)c1cc([N+](=O)[O-])cc(Br)c1O.Cl. The standard InChI is InChI=1S/C11H13BrN2O3.ClH/c1-2-3-4-10(13)8-5-7(14(16)17)6-9(12)11(8)15;/h2,5-6,10,15H,1,3-4,13H2;1H/t10-;/m0./s1. The molecular weight excluding hydrogens is 323 g/mol. The average Bonchev–Trinajstić information content (AvgIpc) is 2.29. The van der Waals surface area contributed by atoms with Crippen LogP contribution in [-0.2, 0) is 0 Å². The minimum absolute atomic E-state index is 0. The highest BCUT2D eigenvalue weighted by Crippen LogP contribution is 2.36. The van der Waals surface area contributed by atoms with Gasteiger partial charge in [-0.25, -0.2) is 0 Å². The molecule has 18 heavy (non-hydrogen) atoms. The first-order valence-corrected chi connectivity index (χ1v) is 5.80. The van der Waals surface area contributed by atoms with E-state index in [4.69, 9.17) is 5.73 Å². The van der Waals surface area contributed by atoms with Crippen LogP contribution in [0.5, 0.6) is 5.75 Å². The number of halogens is 2. The first kappa shape index (κ1) is 16.9. The monoisotopic (exact) mass is 336 g/mol. The minimum Gasteiger partial charge on any atom is -0.506 e. The zero-order valence-corrected chi connectivity index (χ0v) is 11.9. The summed E-state index contributed by atoms with van der Waals surface area (Å²) in [5.74, 6) is -0.0489. The number of allylic oxidation sites excluding steroid dienone is 1. The van der Waals surface area contributed by atoms with Crippen LogP contribution < -0.4 is 5.73 Å². The average molecular weight is 338 g/mol. The molecule has 0 heterocycles. The zero-order chi connectivity index (χ0) is 13.0. The molecule has 0 aliphatic carbocycles. The maximum Gasteiger partial charge on any atom is 0.271 e. The van der Waals surface area contributed by atoms with Crippen molar-refractivity contribution in [1.29, 1.82) is 0 Å². The van der Waals surface area contributed by atoms with Gasteiger partial charge >= 0.3 is 0 Å². The lowest BCUT2D eigenvalue weighted by Gasteiger charge is -2.13. The van der Waals surface area contributed by atoms with Gasteiger partial charge in [0.05, 0.1) is 9.40 Å². The Bertz CT molecular complexity index is 454. The Hall–Kier alpha value is -1.11. The van der Waals surface area contributed by atoms with Crippen molar-refractivity contribution in [2.24, 2.45) is 5.73 Å². The van der Waals surface area contributed by atoms with Crippen molar-refractivity contribution >= 4 is 34.0 Å². The molecule has 0 saturated carbocycles. The summed E-state index contributed by atoms with van der Waals surface area (Å²) in [4.78, 5) is 10.2. The third-order valence-corrected chi connectivity index (χ3v) is 2.97. The molecule has 0 unspecified atom stereocenters. The van der Waals surface area contributed by atoms with Crippen molar-refractivity contribution in [3.8, 4) is 5.75 Å². The van der Waals surface area contributed by atoms with Gasteiger partial charge in [0.15, 0.2) is 0 Å². The van der Waals surface area contributed by atoms with Gasteiger partial charge in [-0.3, -0.25) is 10.1 Å². The lowest BCUT2D eigenvalue weighted by atomic mass is 10.0. The van der Waals surface area contributed by atoms with Gasteiger partial charge in [0.25, 0.3) is 5.69 Å². The number of aromatic hydroxyl groups is 1. The lowest BCUT2D eigenvalue weighted by molar-refractivity contribution is -0.385. The van der Waals surface area contributed by atoms with Crippen LogP contribution in [-0.4, -0.2) is 10.0 Å². The lowest BCUT2D eigenvalue weighted by Crippen LogP contribution is -2.10. The summed E-state index contributed by atoms with van der Waals surface area (Å²) in [6, 6.07) is 2.09. The van der Waals surface area contributed by atoms with E-state index in [0.29, 0.717) is 18.4 Å². The van der Waals surface area contributed by atoms with Crippen molar-refractivity contribution in [2.75, 3.05) is 0 Å². The number of nitro benzene ring substituents is 1. The van der Waals surface area contributed by atoms with Crippen molar-refractivity contribution in [3.63, 3.8) is 0 Å². The molecule has 0 fully saturated rings. The maximum atomic E-state index is 10.7. The van der Waals surface area contributed by atoms with Crippen molar-refractivity contribution in [2.45, 2.75) is 18.9 Å².